The van der Waals surface area contributed by atoms with E-state index >= 15 is 0 Å². The molecule has 0 bridgehead atoms. The van der Waals surface area contributed by atoms with Gasteiger partial charge >= 0.3 is 0 Å². The van der Waals surface area contributed by atoms with Crippen LogP contribution in [-0.2, 0) is 14.8 Å². The molecule has 3 aromatic carbocycles. The fraction of sp³-hybridized carbons (Fsp3) is 0.240. The summed E-state index contributed by atoms with van der Waals surface area (Å²) in [5.41, 5.74) is 3.21. The van der Waals surface area contributed by atoms with E-state index in [0.29, 0.717) is 6.42 Å². The smallest absolute Gasteiger partial charge is 0.264 e. The highest BCUT2D eigenvalue weighted by Crippen LogP contribution is 2.30. The second kappa shape index (κ2) is 10.6. The summed E-state index contributed by atoms with van der Waals surface area (Å²) < 4.78 is 28.1. The van der Waals surface area contributed by atoms with Crippen LogP contribution in [0.5, 0.6) is 0 Å². The number of rotatable bonds is 8. The van der Waals surface area contributed by atoms with Crippen molar-refractivity contribution >= 4 is 44.8 Å². The average Bonchev–Trinajstić information content (AvgIpc) is 2.76. The molecule has 3 rings (SSSR count). The maximum atomic E-state index is 13.5. The van der Waals surface area contributed by atoms with Crippen molar-refractivity contribution in [1.29, 1.82) is 0 Å². The Kier molecular flexibility index (Phi) is 8.05. The number of nitrogens with one attached hydrogen (secondary N) is 1. The molecule has 0 spiro atoms. The Hall–Kier alpha value is -2.54. The average molecular weight is 505 g/mol. The van der Waals surface area contributed by atoms with Gasteiger partial charge in [0.1, 0.15) is 6.54 Å². The fourth-order valence-electron chi connectivity index (χ4n) is 3.43. The number of sulfonamides is 1. The van der Waals surface area contributed by atoms with Crippen molar-refractivity contribution in [2.45, 2.75) is 38.1 Å². The molecular weight excluding hydrogens is 479 g/mol. The first-order chi connectivity index (χ1) is 15.6. The van der Waals surface area contributed by atoms with E-state index in [-0.39, 0.29) is 26.7 Å². The van der Waals surface area contributed by atoms with Gasteiger partial charge in [-0.25, -0.2) is 8.42 Å². The highest BCUT2D eigenvalue weighted by Gasteiger charge is 2.28. The molecule has 0 aliphatic heterocycles. The van der Waals surface area contributed by atoms with Crippen LogP contribution in [0.15, 0.2) is 71.6 Å². The van der Waals surface area contributed by atoms with Gasteiger partial charge in [-0.15, -0.1) is 0 Å². The molecule has 0 saturated heterocycles. The molecule has 0 aliphatic rings. The van der Waals surface area contributed by atoms with E-state index in [2.05, 4.69) is 5.32 Å². The van der Waals surface area contributed by atoms with Crippen molar-refractivity contribution in [3.05, 3.63) is 93.5 Å². The molecular formula is C25H26Cl2N2O3S. The summed E-state index contributed by atoms with van der Waals surface area (Å²) >= 11 is 12.3. The van der Waals surface area contributed by atoms with Gasteiger partial charge in [0.2, 0.25) is 5.91 Å². The predicted molar refractivity (Wildman–Crippen MR) is 135 cm³/mol. The third-order valence-corrected chi connectivity index (χ3v) is 7.48. The van der Waals surface area contributed by atoms with E-state index in [9.17, 15) is 13.2 Å². The number of hydrogen-bond acceptors (Lipinski definition) is 3. The van der Waals surface area contributed by atoms with Crippen molar-refractivity contribution in [3.8, 4) is 0 Å². The van der Waals surface area contributed by atoms with Crippen molar-refractivity contribution in [2.24, 2.45) is 0 Å². The fourth-order valence-corrected chi connectivity index (χ4v) is 5.35. The zero-order valence-electron chi connectivity index (χ0n) is 18.7. The van der Waals surface area contributed by atoms with Crippen LogP contribution in [0.3, 0.4) is 0 Å². The Morgan fingerprint density at radius 3 is 1.94 bits per heavy atom. The zero-order chi connectivity index (χ0) is 24.2. The summed E-state index contributed by atoms with van der Waals surface area (Å²) in [6.07, 6.45) is 0.655. The van der Waals surface area contributed by atoms with E-state index in [4.69, 9.17) is 23.2 Å². The quantitative estimate of drug-likeness (QED) is 0.404. The lowest BCUT2D eigenvalue weighted by Crippen LogP contribution is -2.42. The minimum Gasteiger partial charge on any atom is -0.348 e. The highest BCUT2D eigenvalue weighted by atomic mass is 35.5. The third-order valence-electron chi connectivity index (χ3n) is 5.25. The highest BCUT2D eigenvalue weighted by molar-refractivity contribution is 7.92. The zero-order valence-corrected chi connectivity index (χ0v) is 21.0. The van der Waals surface area contributed by atoms with Gasteiger partial charge in [0.25, 0.3) is 10.0 Å². The van der Waals surface area contributed by atoms with Crippen LogP contribution in [0.4, 0.5) is 5.69 Å². The first kappa shape index (κ1) is 25.1. The van der Waals surface area contributed by atoms with Crippen molar-refractivity contribution in [3.63, 3.8) is 0 Å². The molecule has 0 saturated carbocycles. The normalized spacial score (nSPS) is 12.3. The van der Waals surface area contributed by atoms with Gasteiger partial charge in [-0.3, -0.25) is 9.10 Å². The number of benzene rings is 3. The largest absolute Gasteiger partial charge is 0.348 e. The first-order valence-corrected chi connectivity index (χ1v) is 12.7. The van der Waals surface area contributed by atoms with E-state index in [1.165, 1.54) is 30.3 Å². The molecule has 0 aliphatic carbocycles. The summed E-state index contributed by atoms with van der Waals surface area (Å²) in [5, 5.41) is 3.50. The number of anilines is 1. The van der Waals surface area contributed by atoms with E-state index in [0.717, 1.165) is 21.0 Å². The topological polar surface area (TPSA) is 66.5 Å². The van der Waals surface area contributed by atoms with Crippen molar-refractivity contribution < 1.29 is 13.2 Å². The second-order valence-electron chi connectivity index (χ2n) is 7.89. The Morgan fingerprint density at radius 2 is 1.42 bits per heavy atom. The number of hydrogen-bond donors (Lipinski definition) is 1. The number of carbonyl (C=O) groups is 1. The molecule has 0 fully saturated rings. The second-order valence-corrected chi connectivity index (χ2v) is 10.6. The summed E-state index contributed by atoms with van der Waals surface area (Å²) in [6, 6.07) is 18.5. The molecule has 1 atom stereocenters. The molecule has 174 valence electrons. The van der Waals surface area contributed by atoms with E-state index in [1.807, 2.05) is 45.0 Å². The van der Waals surface area contributed by atoms with Gasteiger partial charge in [0.15, 0.2) is 0 Å². The Labute approximate surface area is 205 Å². The standard InChI is InChI=1S/C25H26Cl2N2O3S/c1-4-24(19-9-5-17(2)6-10-19)28-25(30)16-29(22-14-20(26)13-21(27)15-22)33(31,32)23-11-7-18(3)8-12-23/h5-15,24H,4,16H2,1-3H3,(H,28,30)/t24-/m0/s1. The molecule has 0 radical (unpaired) electrons. The van der Waals surface area contributed by atoms with E-state index in [1.54, 1.807) is 12.1 Å². The van der Waals surface area contributed by atoms with Crippen molar-refractivity contribution in [2.75, 3.05) is 10.8 Å². The molecule has 0 heterocycles. The third kappa shape index (κ3) is 6.28. The van der Waals surface area contributed by atoms with Crippen LogP contribution in [0, 0.1) is 13.8 Å². The van der Waals surface area contributed by atoms with Crippen LogP contribution in [0.1, 0.15) is 36.1 Å². The van der Waals surface area contributed by atoms with Gasteiger partial charge in [-0.2, -0.15) is 0 Å². The number of halogens is 2. The van der Waals surface area contributed by atoms with Gasteiger partial charge < -0.3 is 5.32 Å². The minimum absolute atomic E-state index is 0.0718. The molecule has 1 amide bonds. The van der Waals surface area contributed by atoms with Gasteiger partial charge in [-0.1, -0.05) is 77.7 Å². The molecule has 5 nitrogen and oxygen atoms in total. The molecule has 0 aromatic heterocycles. The minimum atomic E-state index is -4.06. The number of carbonyl (C=O) groups excluding carboxylic acids is 1. The maximum absolute atomic E-state index is 13.5. The Balaban J connectivity index is 1.94. The number of aryl methyl sites for hydroxylation is 2. The molecule has 1 N–H and O–H groups in total. The molecule has 8 heteroatoms. The first-order valence-electron chi connectivity index (χ1n) is 10.5. The number of amides is 1. The van der Waals surface area contributed by atoms with Crippen LogP contribution < -0.4 is 9.62 Å². The lowest BCUT2D eigenvalue weighted by Gasteiger charge is -2.26. The lowest BCUT2D eigenvalue weighted by molar-refractivity contribution is -0.120. The molecule has 33 heavy (non-hydrogen) atoms. The summed E-state index contributed by atoms with van der Waals surface area (Å²) in [7, 11) is -4.06. The van der Waals surface area contributed by atoms with Crippen LogP contribution >= 0.6 is 23.2 Å². The number of nitrogens with zero attached hydrogens (tertiary/aromatic N) is 1. The lowest BCUT2D eigenvalue weighted by atomic mass is 10.0. The van der Waals surface area contributed by atoms with Crippen LogP contribution in [0.2, 0.25) is 10.0 Å². The van der Waals surface area contributed by atoms with Gasteiger partial charge in [-0.05, 0) is 56.2 Å². The Morgan fingerprint density at radius 1 is 0.909 bits per heavy atom. The predicted octanol–water partition coefficient (Wildman–Crippen LogP) is 6.07. The Bertz CT molecular complexity index is 1210. The summed E-state index contributed by atoms with van der Waals surface area (Å²) in [5.74, 6) is -0.436. The molecule has 0 unspecified atom stereocenters. The van der Waals surface area contributed by atoms with Crippen LogP contribution in [0.25, 0.3) is 0 Å². The van der Waals surface area contributed by atoms with Crippen molar-refractivity contribution in [1.82, 2.24) is 5.32 Å². The summed E-state index contributed by atoms with van der Waals surface area (Å²) in [4.78, 5) is 13.1. The molecule has 3 aromatic rings. The summed E-state index contributed by atoms with van der Waals surface area (Å²) in [6.45, 7) is 5.40. The van der Waals surface area contributed by atoms with Crippen LogP contribution in [-0.4, -0.2) is 20.9 Å². The SMILES string of the molecule is CC[C@H](NC(=O)CN(c1cc(Cl)cc(Cl)c1)S(=O)(=O)c1ccc(C)cc1)c1ccc(C)cc1. The monoisotopic (exact) mass is 504 g/mol. The van der Waals surface area contributed by atoms with Gasteiger partial charge in [0.05, 0.1) is 16.6 Å². The van der Waals surface area contributed by atoms with E-state index < -0.39 is 22.5 Å². The maximum Gasteiger partial charge on any atom is 0.264 e. The van der Waals surface area contributed by atoms with Gasteiger partial charge in [0, 0.05) is 10.0 Å².